The fourth-order valence-electron chi connectivity index (χ4n) is 3.55. The van der Waals surface area contributed by atoms with E-state index in [1.165, 1.54) is 4.31 Å². The molecular weight excluding hydrogens is 434 g/mol. The van der Waals surface area contributed by atoms with Crippen LogP contribution in [0.3, 0.4) is 0 Å². The van der Waals surface area contributed by atoms with Crippen LogP contribution in [0, 0.1) is 0 Å². The summed E-state index contributed by atoms with van der Waals surface area (Å²) in [5.41, 5.74) is 3.00. The van der Waals surface area contributed by atoms with Gasteiger partial charge >= 0.3 is 6.03 Å². The Morgan fingerprint density at radius 1 is 1.00 bits per heavy atom. The molecule has 2 N–H and O–H groups in total. The van der Waals surface area contributed by atoms with Crippen LogP contribution in [0.2, 0.25) is 5.02 Å². The number of fused-ring (bicyclic) bond motifs is 1. The number of aryl methyl sites for hydroxylation is 1. The number of nitrogens with zero attached hydrogens (tertiary/aromatic N) is 1. The van der Waals surface area contributed by atoms with Gasteiger partial charge in [-0.3, -0.25) is 4.31 Å². The van der Waals surface area contributed by atoms with Crippen molar-refractivity contribution in [1.82, 2.24) is 5.32 Å². The largest absolute Gasteiger partial charge is 0.334 e. The molecular formula is C23H22ClN3O3S. The van der Waals surface area contributed by atoms with Crippen molar-refractivity contribution in [3.8, 4) is 0 Å². The highest BCUT2D eigenvalue weighted by Gasteiger charge is 2.29. The topological polar surface area (TPSA) is 78.5 Å². The molecule has 3 aromatic rings. The molecule has 8 heteroatoms. The molecule has 1 aliphatic heterocycles. The summed E-state index contributed by atoms with van der Waals surface area (Å²) in [5, 5.41) is 6.21. The summed E-state index contributed by atoms with van der Waals surface area (Å²) in [6.45, 7) is 0.749. The van der Waals surface area contributed by atoms with Gasteiger partial charge in [0.1, 0.15) is 0 Å². The zero-order chi connectivity index (χ0) is 21.8. The van der Waals surface area contributed by atoms with E-state index >= 15 is 0 Å². The molecule has 0 aliphatic carbocycles. The summed E-state index contributed by atoms with van der Waals surface area (Å²) in [5.74, 6) is 0. The van der Waals surface area contributed by atoms with Crippen molar-refractivity contribution < 1.29 is 13.2 Å². The fourth-order valence-corrected chi connectivity index (χ4v) is 5.23. The summed E-state index contributed by atoms with van der Waals surface area (Å²) < 4.78 is 27.8. The van der Waals surface area contributed by atoms with Crippen LogP contribution >= 0.6 is 11.6 Å². The molecule has 1 heterocycles. The van der Waals surface area contributed by atoms with Gasteiger partial charge in [-0.1, -0.05) is 48.0 Å². The summed E-state index contributed by atoms with van der Waals surface area (Å²) in [7, 11) is -3.68. The highest BCUT2D eigenvalue weighted by atomic mass is 35.5. The Bertz CT molecular complexity index is 1180. The minimum Gasteiger partial charge on any atom is -0.334 e. The number of nitrogens with one attached hydrogen (secondary N) is 2. The Balaban J connectivity index is 1.51. The Hall–Kier alpha value is -3.03. The number of anilines is 2. The van der Waals surface area contributed by atoms with Crippen LogP contribution in [0.15, 0.2) is 77.7 Å². The zero-order valence-electron chi connectivity index (χ0n) is 16.7. The maximum absolute atomic E-state index is 13.2. The minimum absolute atomic E-state index is 0.252. The van der Waals surface area contributed by atoms with Gasteiger partial charge in [0.25, 0.3) is 10.0 Å². The van der Waals surface area contributed by atoms with E-state index in [1.54, 1.807) is 54.6 Å². The second kappa shape index (κ2) is 8.99. The normalized spacial score (nSPS) is 13.4. The maximum Gasteiger partial charge on any atom is 0.319 e. The van der Waals surface area contributed by atoms with Crippen molar-refractivity contribution in [2.75, 3.05) is 16.2 Å². The van der Waals surface area contributed by atoms with Gasteiger partial charge in [0, 0.05) is 23.8 Å². The molecule has 0 saturated carbocycles. The van der Waals surface area contributed by atoms with Gasteiger partial charge in [-0.25, -0.2) is 13.2 Å². The second-order valence-electron chi connectivity index (χ2n) is 7.27. The molecule has 160 valence electrons. The Labute approximate surface area is 186 Å². The average molecular weight is 456 g/mol. The monoisotopic (exact) mass is 455 g/mol. The molecule has 6 nitrogen and oxygen atoms in total. The number of benzene rings is 3. The minimum atomic E-state index is -3.68. The molecule has 0 saturated heterocycles. The van der Waals surface area contributed by atoms with E-state index in [0.717, 1.165) is 24.0 Å². The maximum atomic E-state index is 13.2. The smallest absolute Gasteiger partial charge is 0.319 e. The number of carbonyl (C=O) groups is 1. The second-order valence-corrected chi connectivity index (χ2v) is 9.57. The van der Waals surface area contributed by atoms with Gasteiger partial charge < -0.3 is 10.6 Å². The molecule has 0 radical (unpaired) electrons. The van der Waals surface area contributed by atoms with Crippen LogP contribution in [-0.2, 0) is 23.0 Å². The first-order valence-electron chi connectivity index (χ1n) is 9.93. The number of carbonyl (C=O) groups excluding carboxylic acids is 1. The van der Waals surface area contributed by atoms with Crippen molar-refractivity contribution >= 4 is 39.0 Å². The first-order valence-corrected chi connectivity index (χ1v) is 11.8. The summed E-state index contributed by atoms with van der Waals surface area (Å²) in [4.78, 5) is 12.6. The number of halogens is 1. The lowest BCUT2D eigenvalue weighted by Crippen LogP contribution is -2.35. The van der Waals surface area contributed by atoms with E-state index < -0.39 is 10.0 Å². The first-order chi connectivity index (χ1) is 14.9. The molecule has 2 amide bonds. The van der Waals surface area contributed by atoms with E-state index in [1.807, 2.05) is 18.2 Å². The number of amides is 2. The van der Waals surface area contributed by atoms with Crippen LogP contribution in [0.5, 0.6) is 0 Å². The quantitative estimate of drug-likeness (QED) is 0.579. The molecule has 0 atom stereocenters. The van der Waals surface area contributed by atoms with Crippen LogP contribution in [0.4, 0.5) is 16.2 Å². The molecule has 0 bridgehead atoms. The predicted octanol–water partition coefficient (Wildman–Crippen LogP) is 4.80. The van der Waals surface area contributed by atoms with E-state index in [4.69, 9.17) is 11.6 Å². The van der Waals surface area contributed by atoms with Crippen molar-refractivity contribution in [3.05, 3.63) is 88.9 Å². The third-order valence-electron chi connectivity index (χ3n) is 5.12. The highest BCUT2D eigenvalue weighted by molar-refractivity contribution is 7.92. The predicted molar refractivity (Wildman–Crippen MR) is 123 cm³/mol. The van der Waals surface area contributed by atoms with E-state index in [9.17, 15) is 13.2 Å². The van der Waals surface area contributed by atoms with E-state index in [-0.39, 0.29) is 10.9 Å². The molecule has 31 heavy (non-hydrogen) atoms. The van der Waals surface area contributed by atoms with Crippen molar-refractivity contribution in [2.45, 2.75) is 24.3 Å². The Kier molecular flexibility index (Phi) is 6.15. The SMILES string of the molecule is O=C(NCc1ccc(Cl)cc1)Nc1ccc2c(c1)N(S(=O)(=O)c1ccccc1)CCC2. The van der Waals surface area contributed by atoms with Crippen molar-refractivity contribution in [3.63, 3.8) is 0 Å². The van der Waals surface area contributed by atoms with Crippen molar-refractivity contribution in [2.24, 2.45) is 0 Å². The molecule has 3 aromatic carbocycles. The van der Waals surface area contributed by atoms with Gasteiger partial charge in [0.05, 0.1) is 10.6 Å². The van der Waals surface area contributed by atoms with Crippen LogP contribution in [0.25, 0.3) is 0 Å². The number of hydrogen-bond donors (Lipinski definition) is 2. The number of sulfonamides is 1. The number of hydrogen-bond acceptors (Lipinski definition) is 3. The molecule has 0 spiro atoms. The molecule has 0 fully saturated rings. The Morgan fingerprint density at radius 2 is 1.74 bits per heavy atom. The van der Waals surface area contributed by atoms with Gasteiger partial charge in [-0.15, -0.1) is 0 Å². The molecule has 4 rings (SSSR count). The van der Waals surface area contributed by atoms with Gasteiger partial charge in [-0.05, 0) is 60.4 Å². The third-order valence-corrected chi connectivity index (χ3v) is 7.20. The standard InChI is InChI=1S/C23H22ClN3O3S/c24-19-11-8-17(9-12-19)16-25-23(28)26-20-13-10-18-5-4-14-27(22(18)15-20)31(29,30)21-6-2-1-3-7-21/h1-3,6-13,15H,4-5,14,16H2,(H2,25,26,28). The zero-order valence-corrected chi connectivity index (χ0v) is 18.3. The number of urea groups is 1. The molecule has 1 aliphatic rings. The van der Waals surface area contributed by atoms with E-state index in [2.05, 4.69) is 10.6 Å². The summed E-state index contributed by atoms with van der Waals surface area (Å²) in [6.07, 6.45) is 1.53. The number of rotatable bonds is 5. The molecule has 0 aromatic heterocycles. The summed E-state index contributed by atoms with van der Waals surface area (Å²) >= 11 is 5.88. The average Bonchev–Trinajstić information content (AvgIpc) is 2.79. The molecule has 0 unspecified atom stereocenters. The van der Waals surface area contributed by atoms with Crippen LogP contribution in [0.1, 0.15) is 17.5 Å². The Morgan fingerprint density at radius 3 is 2.48 bits per heavy atom. The fraction of sp³-hybridized carbons (Fsp3) is 0.174. The first kappa shape index (κ1) is 21.2. The lowest BCUT2D eigenvalue weighted by atomic mass is 10.0. The van der Waals surface area contributed by atoms with Crippen LogP contribution in [-0.4, -0.2) is 21.0 Å². The van der Waals surface area contributed by atoms with Crippen LogP contribution < -0.4 is 14.9 Å². The lowest BCUT2D eigenvalue weighted by Gasteiger charge is -2.31. The van der Waals surface area contributed by atoms with Gasteiger partial charge in [0.15, 0.2) is 0 Å². The third kappa shape index (κ3) is 4.84. The van der Waals surface area contributed by atoms with E-state index in [0.29, 0.717) is 29.5 Å². The van der Waals surface area contributed by atoms with Gasteiger partial charge in [0.2, 0.25) is 0 Å². The summed E-state index contributed by atoms with van der Waals surface area (Å²) in [6, 6.07) is 20.6. The highest BCUT2D eigenvalue weighted by Crippen LogP contribution is 2.34. The van der Waals surface area contributed by atoms with Crippen molar-refractivity contribution in [1.29, 1.82) is 0 Å². The van der Waals surface area contributed by atoms with Gasteiger partial charge in [-0.2, -0.15) is 0 Å². The lowest BCUT2D eigenvalue weighted by molar-refractivity contribution is 0.251.